The summed E-state index contributed by atoms with van der Waals surface area (Å²) in [6, 6.07) is 23.7. The van der Waals surface area contributed by atoms with Crippen LogP contribution in [-0.2, 0) is 11.4 Å². The molecule has 0 heterocycles. The van der Waals surface area contributed by atoms with Crippen LogP contribution in [0.3, 0.4) is 0 Å². The highest BCUT2D eigenvalue weighted by Crippen LogP contribution is 2.26. The smallest absolute Gasteiger partial charge is 0.266 e. The van der Waals surface area contributed by atoms with Crippen LogP contribution in [0, 0.1) is 11.3 Å². The summed E-state index contributed by atoms with van der Waals surface area (Å²) >= 11 is 6.20. The number of nitrogens with one attached hydrogen (secondary N) is 1. The van der Waals surface area contributed by atoms with Crippen molar-refractivity contribution in [3.63, 3.8) is 0 Å². The van der Waals surface area contributed by atoms with Crippen LogP contribution < -0.4 is 14.8 Å². The van der Waals surface area contributed by atoms with Gasteiger partial charge in [0.2, 0.25) is 0 Å². The van der Waals surface area contributed by atoms with Crippen molar-refractivity contribution in [3.8, 4) is 17.6 Å². The Morgan fingerprint density at radius 1 is 1.06 bits per heavy atom. The van der Waals surface area contributed by atoms with Crippen LogP contribution >= 0.6 is 11.6 Å². The maximum atomic E-state index is 12.5. The lowest BCUT2D eigenvalue weighted by molar-refractivity contribution is -0.112. The van der Waals surface area contributed by atoms with E-state index in [1.54, 1.807) is 48.5 Å². The highest BCUT2D eigenvalue weighted by molar-refractivity contribution is 6.32. The van der Waals surface area contributed by atoms with Gasteiger partial charge in [-0.2, -0.15) is 5.26 Å². The van der Waals surface area contributed by atoms with E-state index in [4.69, 9.17) is 21.1 Å². The summed E-state index contributed by atoms with van der Waals surface area (Å²) in [4.78, 5) is 12.5. The first-order valence-electron chi connectivity index (χ1n) is 9.82. The monoisotopic (exact) mass is 444 g/mol. The van der Waals surface area contributed by atoms with Crippen molar-refractivity contribution in [2.75, 3.05) is 11.9 Å². The number of nitriles is 1. The fourth-order valence-electron chi connectivity index (χ4n) is 2.76. The fraction of sp³-hybridized carbons (Fsp3) is 0.0769. The van der Waals surface area contributed by atoms with Crippen LogP contribution in [0.15, 0.2) is 91.0 Å². The Bertz CT molecular complexity index is 1150. The molecule has 5 nitrogen and oxygen atoms in total. The van der Waals surface area contributed by atoms with Gasteiger partial charge in [-0.1, -0.05) is 60.7 Å². The molecule has 3 rings (SSSR count). The normalized spacial score (nSPS) is 10.7. The zero-order chi connectivity index (χ0) is 22.8. The summed E-state index contributed by atoms with van der Waals surface area (Å²) < 4.78 is 11.2. The van der Waals surface area contributed by atoms with Gasteiger partial charge in [0.05, 0.1) is 5.02 Å². The number of nitrogens with zero attached hydrogens (tertiary/aromatic N) is 1. The summed E-state index contributed by atoms with van der Waals surface area (Å²) in [5.41, 5.74) is 2.17. The number of hydrogen-bond acceptors (Lipinski definition) is 4. The first kappa shape index (κ1) is 22.7. The average Bonchev–Trinajstić information content (AvgIpc) is 2.82. The van der Waals surface area contributed by atoms with Crippen LogP contribution in [0.2, 0.25) is 5.02 Å². The topological polar surface area (TPSA) is 71.3 Å². The molecule has 1 amide bonds. The first-order chi connectivity index (χ1) is 15.6. The molecule has 0 aliphatic rings. The average molecular weight is 445 g/mol. The minimum Gasteiger partial charge on any atom is -0.489 e. The minimum atomic E-state index is -0.520. The summed E-state index contributed by atoms with van der Waals surface area (Å²) in [5, 5.41) is 12.5. The number of hydrogen-bond donors (Lipinski definition) is 1. The standard InChI is InChI=1S/C26H21ClN2O3/c1-2-14-31-25-13-8-20(16-24(25)27)15-21(17-28)26(30)29-22-9-11-23(12-10-22)32-18-19-6-4-3-5-7-19/h2-13,15-16H,1,14,18H2,(H,29,30)/b21-15+. The van der Waals surface area contributed by atoms with E-state index in [2.05, 4.69) is 11.9 Å². The molecule has 0 unspecified atom stereocenters. The summed E-state index contributed by atoms with van der Waals surface area (Å²) in [6.07, 6.45) is 3.08. The summed E-state index contributed by atoms with van der Waals surface area (Å²) in [7, 11) is 0. The zero-order valence-electron chi connectivity index (χ0n) is 17.3. The minimum absolute atomic E-state index is 0.0507. The van der Waals surface area contributed by atoms with Crippen LogP contribution in [0.1, 0.15) is 11.1 Å². The van der Waals surface area contributed by atoms with E-state index in [0.717, 1.165) is 5.56 Å². The van der Waals surface area contributed by atoms with Crippen LogP contribution in [0.5, 0.6) is 11.5 Å². The van der Waals surface area contributed by atoms with Crippen molar-refractivity contribution < 1.29 is 14.3 Å². The predicted molar refractivity (Wildman–Crippen MR) is 127 cm³/mol. The van der Waals surface area contributed by atoms with Crippen LogP contribution in [0.25, 0.3) is 6.08 Å². The van der Waals surface area contributed by atoms with Gasteiger partial charge in [0.15, 0.2) is 0 Å². The second-order valence-electron chi connectivity index (χ2n) is 6.71. The van der Waals surface area contributed by atoms with Gasteiger partial charge >= 0.3 is 0 Å². The second-order valence-corrected chi connectivity index (χ2v) is 7.12. The molecule has 3 aromatic carbocycles. The molecule has 0 radical (unpaired) electrons. The third kappa shape index (κ3) is 6.49. The Labute approximate surface area is 192 Å². The lowest BCUT2D eigenvalue weighted by Gasteiger charge is -2.09. The number of carbonyl (C=O) groups is 1. The number of halogens is 1. The summed E-state index contributed by atoms with van der Waals surface area (Å²) in [5.74, 6) is 0.658. The largest absolute Gasteiger partial charge is 0.489 e. The molecule has 0 aliphatic carbocycles. The number of amides is 1. The predicted octanol–water partition coefficient (Wildman–Crippen LogP) is 6.03. The highest BCUT2D eigenvalue weighted by atomic mass is 35.5. The molecule has 0 aliphatic heterocycles. The molecule has 0 bridgehead atoms. The van der Waals surface area contributed by atoms with E-state index in [1.807, 2.05) is 36.4 Å². The van der Waals surface area contributed by atoms with E-state index >= 15 is 0 Å². The Kier molecular flexibility index (Phi) is 8.08. The molecule has 0 saturated carbocycles. The third-order valence-corrected chi connectivity index (χ3v) is 4.64. The molecular formula is C26H21ClN2O3. The first-order valence-corrected chi connectivity index (χ1v) is 10.2. The quantitative estimate of drug-likeness (QED) is 0.248. The van der Waals surface area contributed by atoms with Gasteiger partial charge in [0.25, 0.3) is 5.91 Å². The van der Waals surface area contributed by atoms with Gasteiger partial charge in [-0.15, -0.1) is 0 Å². The Morgan fingerprint density at radius 2 is 1.81 bits per heavy atom. The molecule has 0 atom stereocenters. The molecule has 0 spiro atoms. The number of benzene rings is 3. The molecule has 1 N–H and O–H groups in total. The van der Waals surface area contributed by atoms with Gasteiger partial charge in [-0.05, 0) is 53.6 Å². The van der Waals surface area contributed by atoms with E-state index in [0.29, 0.717) is 41.0 Å². The molecule has 3 aromatic rings. The Morgan fingerprint density at radius 3 is 2.47 bits per heavy atom. The van der Waals surface area contributed by atoms with Gasteiger partial charge in [-0.3, -0.25) is 4.79 Å². The second kappa shape index (κ2) is 11.4. The zero-order valence-corrected chi connectivity index (χ0v) is 18.0. The maximum Gasteiger partial charge on any atom is 0.266 e. The molecule has 0 fully saturated rings. The van der Waals surface area contributed by atoms with Crippen molar-refractivity contribution >= 4 is 29.3 Å². The van der Waals surface area contributed by atoms with Crippen molar-refractivity contribution in [1.82, 2.24) is 0 Å². The fourth-order valence-corrected chi connectivity index (χ4v) is 3.01. The van der Waals surface area contributed by atoms with Crippen molar-refractivity contribution in [2.45, 2.75) is 6.61 Å². The number of anilines is 1. The maximum absolute atomic E-state index is 12.5. The van der Waals surface area contributed by atoms with Gasteiger partial charge < -0.3 is 14.8 Å². The molecule has 0 aromatic heterocycles. The Hall–Kier alpha value is -4.01. The highest BCUT2D eigenvalue weighted by Gasteiger charge is 2.11. The lowest BCUT2D eigenvalue weighted by Crippen LogP contribution is -2.13. The van der Waals surface area contributed by atoms with Gasteiger partial charge in [-0.25, -0.2) is 0 Å². The van der Waals surface area contributed by atoms with Gasteiger partial charge in [0.1, 0.15) is 36.4 Å². The SMILES string of the molecule is C=CCOc1ccc(/C=C(\C#N)C(=O)Nc2ccc(OCc3ccccc3)cc2)cc1Cl. The number of carbonyl (C=O) groups excluding carboxylic acids is 1. The van der Waals surface area contributed by atoms with E-state index in [9.17, 15) is 10.1 Å². The molecule has 32 heavy (non-hydrogen) atoms. The van der Waals surface area contributed by atoms with E-state index < -0.39 is 5.91 Å². The number of rotatable bonds is 9. The van der Waals surface area contributed by atoms with Gasteiger partial charge in [0, 0.05) is 5.69 Å². The van der Waals surface area contributed by atoms with Crippen LogP contribution in [0.4, 0.5) is 5.69 Å². The Balaban J connectivity index is 1.62. The van der Waals surface area contributed by atoms with E-state index in [-0.39, 0.29) is 5.57 Å². The van der Waals surface area contributed by atoms with Crippen molar-refractivity contribution in [1.29, 1.82) is 5.26 Å². The van der Waals surface area contributed by atoms with Crippen LogP contribution in [-0.4, -0.2) is 12.5 Å². The van der Waals surface area contributed by atoms with E-state index in [1.165, 1.54) is 6.08 Å². The van der Waals surface area contributed by atoms with Crippen molar-refractivity contribution in [2.24, 2.45) is 0 Å². The lowest BCUT2D eigenvalue weighted by atomic mass is 10.1. The molecule has 6 heteroatoms. The molecule has 0 saturated heterocycles. The molecule has 160 valence electrons. The van der Waals surface area contributed by atoms with Crippen molar-refractivity contribution in [3.05, 3.63) is 107 Å². The molecular weight excluding hydrogens is 424 g/mol. The number of ether oxygens (including phenoxy) is 2. The summed E-state index contributed by atoms with van der Waals surface area (Å²) in [6.45, 7) is 4.37. The third-order valence-electron chi connectivity index (χ3n) is 4.35.